The molecular weight excluding hydrogens is 222 g/mol. The Bertz CT molecular complexity index is 533. The van der Waals surface area contributed by atoms with Gasteiger partial charge in [0.1, 0.15) is 0 Å². The van der Waals surface area contributed by atoms with Crippen molar-refractivity contribution in [1.29, 1.82) is 0 Å². The van der Waals surface area contributed by atoms with Crippen molar-refractivity contribution >= 4 is 10.9 Å². The summed E-state index contributed by atoms with van der Waals surface area (Å²) in [5.74, 6) is 0.679. The molecule has 0 spiro atoms. The Morgan fingerprint density at radius 3 is 3.00 bits per heavy atom. The van der Waals surface area contributed by atoms with Crippen LogP contribution in [0, 0.1) is 5.92 Å². The number of hydrogen-bond acceptors (Lipinski definition) is 3. The van der Waals surface area contributed by atoms with Gasteiger partial charge in [-0.2, -0.15) is 0 Å². The lowest BCUT2D eigenvalue weighted by Gasteiger charge is -2.16. The maximum absolute atomic E-state index is 5.74. The van der Waals surface area contributed by atoms with Gasteiger partial charge in [-0.15, -0.1) is 0 Å². The van der Waals surface area contributed by atoms with Crippen molar-refractivity contribution in [3.8, 4) is 0 Å². The van der Waals surface area contributed by atoms with Crippen LogP contribution in [0.3, 0.4) is 0 Å². The first kappa shape index (κ1) is 11.6. The molecule has 0 radical (unpaired) electrons. The Labute approximate surface area is 108 Å². The normalized spacial score (nSPS) is 20.6. The molecule has 1 saturated heterocycles. The van der Waals surface area contributed by atoms with Gasteiger partial charge in [0.2, 0.25) is 0 Å². The number of likely N-dealkylation sites (tertiary alicyclic amines) is 1. The van der Waals surface area contributed by atoms with Gasteiger partial charge in [0, 0.05) is 24.7 Å². The van der Waals surface area contributed by atoms with E-state index in [0.717, 1.165) is 25.2 Å². The largest absolute Gasteiger partial charge is 0.330 e. The van der Waals surface area contributed by atoms with Crippen molar-refractivity contribution in [2.75, 3.05) is 19.6 Å². The van der Waals surface area contributed by atoms with E-state index in [1.165, 1.54) is 23.9 Å². The predicted octanol–water partition coefficient (Wildman–Crippen LogP) is 2.02. The van der Waals surface area contributed by atoms with Crippen molar-refractivity contribution in [2.24, 2.45) is 11.7 Å². The minimum absolute atomic E-state index is 0.679. The number of para-hydroxylation sites is 1. The van der Waals surface area contributed by atoms with Crippen LogP contribution in [0.15, 0.2) is 36.5 Å². The summed E-state index contributed by atoms with van der Waals surface area (Å²) in [5.41, 5.74) is 8.20. The summed E-state index contributed by atoms with van der Waals surface area (Å²) in [7, 11) is 0. The van der Waals surface area contributed by atoms with Crippen molar-refractivity contribution in [3.63, 3.8) is 0 Å². The van der Waals surface area contributed by atoms with Crippen molar-refractivity contribution in [1.82, 2.24) is 9.88 Å². The second kappa shape index (κ2) is 5.04. The van der Waals surface area contributed by atoms with E-state index in [0.29, 0.717) is 5.92 Å². The molecule has 1 aliphatic rings. The molecule has 1 fully saturated rings. The first-order valence-corrected chi connectivity index (χ1v) is 6.62. The average molecular weight is 241 g/mol. The third-order valence-electron chi connectivity index (χ3n) is 3.84. The molecule has 0 bridgehead atoms. The standard InChI is InChI=1S/C15H19N3/c16-9-12-6-8-18(10-12)11-13-5-7-17-15-4-2-1-3-14(13)15/h1-5,7,12H,6,8-11,16H2/t12-/m1/s1. The molecule has 94 valence electrons. The van der Waals surface area contributed by atoms with Gasteiger partial charge in [-0.1, -0.05) is 18.2 Å². The summed E-state index contributed by atoms with van der Waals surface area (Å²) in [6.45, 7) is 4.12. The lowest BCUT2D eigenvalue weighted by molar-refractivity contribution is 0.319. The topological polar surface area (TPSA) is 42.1 Å². The van der Waals surface area contributed by atoms with Crippen LogP contribution in [0.25, 0.3) is 10.9 Å². The molecule has 1 aromatic carbocycles. The van der Waals surface area contributed by atoms with Crippen molar-refractivity contribution in [2.45, 2.75) is 13.0 Å². The fourth-order valence-corrected chi connectivity index (χ4v) is 2.78. The van der Waals surface area contributed by atoms with Gasteiger partial charge in [0.25, 0.3) is 0 Å². The Balaban J connectivity index is 1.83. The van der Waals surface area contributed by atoms with Gasteiger partial charge in [0.05, 0.1) is 5.52 Å². The van der Waals surface area contributed by atoms with E-state index in [2.05, 4.69) is 34.1 Å². The summed E-state index contributed by atoms with van der Waals surface area (Å²) in [6.07, 6.45) is 3.15. The highest BCUT2D eigenvalue weighted by atomic mass is 15.1. The molecule has 0 unspecified atom stereocenters. The third kappa shape index (κ3) is 2.24. The van der Waals surface area contributed by atoms with Gasteiger partial charge < -0.3 is 5.73 Å². The Morgan fingerprint density at radius 2 is 2.17 bits per heavy atom. The summed E-state index contributed by atoms with van der Waals surface area (Å²) in [4.78, 5) is 6.91. The minimum Gasteiger partial charge on any atom is -0.330 e. The number of fused-ring (bicyclic) bond motifs is 1. The minimum atomic E-state index is 0.679. The molecule has 18 heavy (non-hydrogen) atoms. The second-order valence-electron chi connectivity index (χ2n) is 5.11. The molecule has 3 nitrogen and oxygen atoms in total. The lowest BCUT2D eigenvalue weighted by Crippen LogP contribution is -2.22. The quantitative estimate of drug-likeness (QED) is 0.894. The summed E-state index contributed by atoms with van der Waals surface area (Å²) < 4.78 is 0. The molecule has 0 amide bonds. The molecule has 3 rings (SSSR count). The van der Waals surface area contributed by atoms with Gasteiger partial charge in [0.15, 0.2) is 0 Å². The molecule has 2 aromatic rings. The number of nitrogens with zero attached hydrogens (tertiary/aromatic N) is 2. The molecule has 1 aliphatic heterocycles. The zero-order valence-electron chi connectivity index (χ0n) is 10.5. The van der Waals surface area contributed by atoms with Crippen molar-refractivity contribution < 1.29 is 0 Å². The van der Waals surface area contributed by atoms with Gasteiger partial charge in [-0.05, 0) is 43.1 Å². The fourth-order valence-electron chi connectivity index (χ4n) is 2.78. The van der Waals surface area contributed by atoms with Crippen LogP contribution in [-0.2, 0) is 6.54 Å². The number of nitrogens with two attached hydrogens (primary N) is 1. The van der Waals surface area contributed by atoms with E-state index >= 15 is 0 Å². The Kier molecular flexibility index (Phi) is 3.26. The highest BCUT2D eigenvalue weighted by Crippen LogP contribution is 2.21. The van der Waals surface area contributed by atoms with E-state index < -0.39 is 0 Å². The number of pyridine rings is 1. The highest BCUT2D eigenvalue weighted by Gasteiger charge is 2.21. The van der Waals surface area contributed by atoms with Crippen LogP contribution in [0.2, 0.25) is 0 Å². The van der Waals surface area contributed by atoms with E-state index in [1.807, 2.05) is 12.3 Å². The molecule has 1 atom stereocenters. The van der Waals surface area contributed by atoms with Gasteiger partial charge in [-0.25, -0.2) is 0 Å². The van der Waals surface area contributed by atoms with Crippen LogP contribution in [0.5, 0.6) is 0 Å². The van der Waals surface area contributed by atoms with E-state index in [1.54, 1.807) is 0 Å². The van der Waals surface area contributed by atoms with Crippen LogP contribution < -0.4 is 5.73 Å². The first-order chi connectivity index (χ1) is 8.86. The highest BCUT2D eigenvalue weighted by molar-refractivity contribution is 5.81. The number of aromatic nitrogens is 1. The zero-order chi connectivity index (χ0) is 12.4. The van der Waals surface area contributed by atoms with E-state index in [9.17, 15) is 0 Å². The van der Waals surface area contributed by atoms with E-state index in [4.69, 9.17) is 5.73 Å². The summed E-state index contributed by atoms with van der Waals surface area (Å²) in [6, 6.07) is 10.5. The number of rotatable bonds is 3. The molecule has 0 saturated carbocycles. The zero-order valence-corrected chi connectivity index (χ0v) is 10.5. The Morgan fingerprint density at radius 1 is 1.28 bits per heavy atom. The third-order valence-corrected chi connectivity index (χ3v) is 3.84. The van der Waals surface area contributed by atoms with Crippen LogP contribution in [0.4, 0.5) is 0 Å². The molecule has 0 aliphatic carbocycles. The maximum atomic E-state index is 5.74. The SMILES string of the molecule is NC[C@H]1CCN(Cc2ccnc3ccccc23)C1. The fraction of sp³-hybridized carbons (Fsp3) is 0.400. The molecule has 2 N–H and O–H groups in total. The second-order valence-corrected chi connectivity index (χ2v) is 5.11. The molecular formula is C15H19N3. The molecule has 3 heteroatoms. The number of hydrogen-bond donors (Lipinski definition) is 1. The van der Waals surface area contributed by atoms with E-state index in [-0.39, 0.29) is 0 Å². The average Bonchev–Trinajstić information content (AvgIpc) is 2.87. The van der Waals surface area contributed by atoms with Crippen LogP contribution in [0.1, 0.15) is 12.0 Å². The van der Waals surface area contributed by atoms with Crippen LogP contribution >= 0.6 is 0 Å². The van der Waals surface area contributed by atoms with Gasteiger partial charge in [-0.3, -0.25) is 9.88 Å². The molecule has 2 heterocycles. The monoisotopic (exact) mass is 241 g/mol. The summed E-state index contributed by atoms with van der Waals surface area (Å²) in [5, 5.41) is 1.27. The van der Waals surface area contributed by atoms with Crippen molar-refractivity contribution in [3.05, 3.63) is 42.1 Å². The molecule has 1 aromatic heterocycles. The number of benzene rings is 1. The summed E-state index contributed by atoms with van der Waals surface area (Å²) >= 11 is 0. The van der Waals surface area contributed by atoms with Gasteiger partial charge >= 0.3 is 0 Å². The smallest absolute Gasteiger partial charge is 0.0705 e. The Hall–Kier alpha value is -1.45. The maximum Gasteiger partial charge on any atom is 0.0705 e. The first-order valence-electron chi connectivity index (χ1n) is 6.62. The lowest BCUT2D eigenvalue weighted by atomic mass is 10.1. The predicted molar refractivity (Wildman–Crippen MR) is 74.2 cm³/mol. The van der Waals surface area contributed by atoms with Crippen LogP contribution in [-0.4, -0.2) is 29.5 Å².